The van der Waals surface area contributed by atoms with Crippen molar-refractivity contribution in [2.24, 2.45) is 34.5 Å². The minimum absolute atomic E-state index is 0.160. The SMILES string of the molecule is CN1C(=O)CC[C@]2(C)[C@H]3CC[C@]4(C)[C@@H](CCCCCCC(=O)Nc5cccs5)CC[C@H]4[C@@H]3CC[C@@H]12. The Bertz CT molecular complexity index is 900. The summed E-state index contributed by atoms with van der Waals surface area (Å²) >= 11 is 1.59. The van der Waals surface area contributed by atoms with Gasteiger partial charge in [-0.3, -0.25) is 9.59 Å². The summed E-state index contributed by atoms with van der Waals surface area (Å²) in [5.41, 5.74) is 0.863. The zero-order valence-corrected chi connectivity index (χ0v) is 23.0. The van der Waals surface area contributed by atoms with Crippen molar-refractivity contribution in [2.75, 3.05) is 12.4 Å². The summed E-state index contributed by atoms with van der Waals surface area (Å²) in [4.78, 5) is 26.6. The minimum atomic E-state index is 0.160. The number of anilines is 1. The second-order valence-corrected chi connectivity index (χ2v) is 13.7. The number of likely N-dealkylation sites (tertiary alicyclic amines) is 1. The summed E-state index contributed by atoms with van der Waals surface area (Å²) in [6, 6.07) is 4.41. The maximum atomic E-state index is 12.4. The number of amides is 2. The Labute approximate surface area is 216 Å². The van der Waals surface area contributed by atoms with Gasteiger partial charge in [0.05, 0.1) is 5.00 Å². The van der Waals surface area contributed by atoms with Crippen molar-refractivity contribution in [2.45, 2.75) is 110 Å². The lowest BCUT2D eigenvalue weighted by molar-refractivity contribution is -0.158. The quantitative estimate of drug-likeness (QED) is 0.377. The lowest BCUT2D eigenvalue weighted by atomic mass is 9.46. The molecule has 7 atom stereocenters. The lowest BCUT2D eigenvalue weighted by Crippen LogP contribution is -2.61. The molecule has 0 unspecified atom stereocenters. The van der Waals surface area contributed by atoms with Crippen LogP contribution in [0.3, 0.4) is 0 Å². The van der Waals surface area contributed by atoms with Crippen LogP contribution in [0.5, 0.6) is 0 Å². The van der Waals surface area contributed by atoms with Gasteiger partial charge in [0.25, 0.3) is 0 Å². The van der Waals surface area contributed by atoms with E-state index in [0.29, 0.717) is 29.2 Å². The van der Waals surface area contributed by atoms with Crippen molar-refractivity contribution in [3.05, 3.63) is 17.5 Å². The van der Waals surface area contributed by atoms with Crippen LogP contribution in [0.15, 0.2) is 17.5 Å². The Hall–Kier alpha value is -1.36. The van der Waals surface area contributed by atoms with Gasteiger partial charge in [-0.2, -0.15) is 0 Å². The smallest absolute Gasteiger partial charge is 0.224 e. The minimum Gasteiger partial charge on any atom is -0.342 e. The molecule has 1 saturated heterocycles. The fraction of sp³-hybridized carbons (Fsp3) is 0.800. The molecule has 1 aromatic heterocycles. The summed E-state index contributed by atoms with van der Waals surface area (Å²) in [6.07, 6.45) is 16.8. The van der Waals surface area contributed by atoms with Gasteiger partial charge in [-0.25, -0.2) is 0 Å². The van der Waals surface area contributed by atoms with Crippen LogP contribution in [0.1, 0.15) is 104 Å². The largest absolute Gasteiger partial charge is 0.342 e. The first-order valence-corrected chi connectivity index (χ1v) is 15.3. The van der Waals surface area contributed by atoms with Crippen molar-refractivity contribution in [3.63, 3.8) is 0 Å². The van der Waals surface area contributed by atoms with E-state index in [1.54, 1.807) is 11.3 Å². The molecule has 0 radical (unpaired) electrons. The number of fused-ring (bicyclic) bond motifs is 5. The van der Waals surface area contributed by atoms with Crippen LogP contribution in [0, 0.1) is 34.5 Å². The van der Waals surface area contributed by atoms with E-state index in [0.717, 1.165) is 47.9 Å². The first-order chi connectivity index (χ1) is 16.8. The van der Waals surface area contributed by atoms with Crippen molar-refractivity contribution >= 4 is 28.2 Å². The summed E-state index contributed by atoms with van der Waals surface area (Å²) in [5.74, 6) is 4.00. The van der Waals surface area contributed by atoms with Crippen LogP contribution in [-0.4, -0.2) is 29.8 Å². The Kier molecular flexibility index (Phi) is 7.36. The first-order valence-electron chi connectivity index (χ1n) is 14.4. The van der Waals surface area contributed by atoms with Crippen molar-refractivity contribution in [3.8, 4) is 0 Å². The van der Waals surface area contributed by atoms with E-state index in [1.807, 2.05) is 17.5 Å². The summed E-state index contributed by atoms with van der Waals surface area (Å²) < 4.78 is 0. The Balaban J connectivity index is 1.09. The van der Waals surface area contributed by atoms with Crippen LogP contribution < -0.4 is 5.32 Å². The molecule has 4 nitrogen and oxygen atoms in total. The molecule has 0 spiro atoms. The molecule has 2 amide bonds. The topological polar surface area (TPSA) is 49.4 Å². The highest BCUT2D eigenvalue weighted by Gasteiger charge is 2.60. The number of hydrogen-bond donors (Lipinski definition) is 1. The number of rotatable bonds is 8. The zero-order valence-electron chi connectivity index (χ0n) is 22.2. The number of piperidine rings is 1. The highest BCUT2D eigenvalue weighted by molar-refractivity contribution is 7.14. The van der Waals surface area contributed by atoms with Crippen LogP contribution >= 0.6 is 11.3 Å². The summed E-state index contributed by atoms with van der Waals surface area (Å²) in [6.45, 7) is 5.18. The fourth-order valence-corrected chi connectivity index (χ4v) is 9.95. The predicted octanol–water partition coefficient (Wildman–Crippen LogP) is 7.51. The maximum Gasteiger partial charge on any atom is 0.224 e. The van der Waals surface area contributed by atoms with Crippen molar-refractivity contribution < 1.29 is 9.59 Å². The molecular formula is C30H46N2O2S. The highest BCUT2D eigenvalue weighted by atomic mass is 32.1. The van der Waals surface area contributed by atoms with E-state index < -0.39 is 0 Å². The molecule has 3 aliphatic carbocycles. The third-order valence-corrected chi connectivity index (χ3v) is 12.0. The molecule has 4 aliphatic rings. The number of unbranched alkanes of at least 4 members (excludes halogenated alkanes) is 3. The number of hydrogen-bond acceptors (Lipinski definition) is 3. The van der Waals surface area contributed by atoms with Crippen LogP contribution in [0.4, 0.5) is 5.00 Å². The Morgan fingerprint density at radius 2 is 1.83 bits per heavy atom. The molecule has 0 aromatic carbocycles. The van der Waals surface area contributed by atoms with Crippen LogP contribution in [0.2, 0.25) is 0 Å². The normalized spacial score (nSPS) is 38.5. The third kappa shape index (κ3) is 4.71. The summed E-state index contributed by atoms with van der Waals surface area (Å²) in [7, 11) is 2.07. The van der Waals surface area contributed by atoms with Crippen molar-refractivity contribution in [1.29, 1.82) is 0 Å². The van der Waals surface area contributed by atoms with Gasteiger partial charge >= 0.3 is 0 Å². The lowest BCUT2D eigenvalue weighted by Gasteiger charge is -2.62. The van der Waals surface area contributed by atoms with Gasteiger partial charge in [0, 0.05) is 25.9 Å². The zero-order chi connectivity index (χ0) is 24.6. The maximum absolute atomic E-state index is 12.4. The molecule has 3 saturated carbocycles. The van der Waals surface area contributed by atoms with E-state index >= 15 is 0 Å². The van der Waals surface area contributed by atoms with Crippen LogP contribution in [0.25, 0.3) is 0 Å². The standard InChI is InChI=1S/C30H46N2O2S/c1-29-18-16-24-22(13-15-25-30(24,2)19-17-28(34)32(25)3)23(29)14-12-21(29)9-6-4-5-7-10-26(33)31-27-11-8-20-35-27/h8,11,20-25H,4-7,9-10,12-19H2,1-3H3,(H,31,33)/t21-,22-,23-,24-,25+,29+,30+/m0/s1. The fourth-order valence-electron chi connectivity index (χ4n) is 9.31. The summed E-state index contributed by atoms with van der Waals surface area (Å²) in [5, 5.41) is 5.96. The molecule has 4 fully saturated rings. The Morgan fingerprint density at radius 1 is 1.03 bits per heavy atom. The monoisotopic (exact) mass is 498 g/mol. The van der Waals surface area contributed by atoms with Crippen molar-refractivity contribution in [1.82, 2.24) is 4.90 Å². The second-order valence-electron chi connectivity index (χ2n) is 12.8. The van der Waals surface area contributed by atoms with Gasteiger partial charge in [-0.15, -0.1) is 11.3 Å². The van der Waals surface area contributed by atoms with Crippen LogP contribution in [-0.2, 0) is 9.59 Å². The average Bonchev–Trinajstić information content (AvgIpc) is 3.46. The van der Waals surface area contributed by atoms with Gasteiger partial charge in [0.1, 0.15) is 0 Å². The molecular weight excluding hydrogens is 452 g/mol. The molecule has 1 N–H and O–H groups in total. The van der Waals surface area contributed by atoms with E-state index in [4.69, 9.17) is 0 Å². The number of nitrogens with one attached hydrogen (secondary N) is 1. The molecule has 1 aromatic rings. The molecule has 35 heavy (non-hydrogen) atoms. The highest BCUT2D eigenvalue weighted by Crippen LogP contribution is 2.66. The van der Waals surface area contributed by atoms with Gasteiger partial charge in [-0.1, -0.05) is 33.1 Å². The van der Waals surface area contributed by atoms with E-state index in [2.05, 4.69) is 31.1 Å². The molecule has 5 rings (SSSR count). The number of carbonyl (C=O) groups excluding carboxylic acids is 2. The molecule has 194 valence electrons. The van der Waals surface area contributed by atoms with Gasteiger partial charge in [0.15, 0.2) is 0 Å². The Morgan fingerprint density at radius 3 is 2.63 bits per heavy atom. The van der Waals surface area contributed by atoms with E-state index in [9.17, 15) is 9.59 Å². The van der Waals surface area contributed by atoms with Gasteiger partial charge in [0.2, 0.25) is 11.8 Å². The van der Waals surface area contributed by atoms with Gasteiger partial charge in [-0.05, 0) is 110 Å². The molecule has 1 aliphatic heterocycles. The molecule has 2 heterocycles. The number of nitrogens with zero attached hydrogens (tertiary/aromatic N) is 1. The third-order valence-electron chi connectivity index (χ3n) is 11.2. The second kappa shape index (κ2) is 10.2. The predicted molar refractivity (Wildman–Crippen MR) is 144 cm³/mol. The number of carbonyl (C=O) groups is 2. The molecule has 5 heteroatoms. The van der Waals surface area contributed by atoms with Gasteiger partial charge < -0.3 is 10.2 Å². The number of thiophene rings is 1. The first kappa shape index (κ1) is 25.3. The molecule has 0 bridgehead atoms. The van der Waals surface area contributed by atoms with E-state index in [1.165, 1.54) is 64.2 Å². The van der Waals surface area contributed by atoms with E-state index in [-0.39, 0.29) is 5.91 Å². The average molecular weight is 499 g/mol.